The highest BCUT2D eigenvalue weighted by Crippen LogP contribution is 2.42. The minimum atomic E-state index is -2.55. The minimum absolute atomic E-state index is 0.271. The summed E-state index contributed by atoms with van der Waals surface area (Å²) in [6, 6.07) is 4.87. The number of nitrogens with one attached hydrogen (secondary N) is 1. The third kappa shape index (κ3) is 2.68. The molecule has 1 aliphatic heterocycles. The van der Waals surface area contributed by atoms with Crippen molar-refractivity contribution in [2.75, 3.05) is 0 Å². The SMILES string of the molecule is O=C1NC(c2cc(F)ccc2Cl)c2c(Br)cc3c(ncn3CC(F)F)c21. The number of fused-ring (bicyclic) bond motifs is 3. The molecule has 0 saturated carbocycles. The predicted octanol–water partition coefficient (Wildman–Crippen LogP) is 4.69. The molecular formula is C17H10BrClF3N3O. The zero-order valence-corrected chi connectivity index (χ0v) is 15.3. The Balaban J connectivity index is 1.93. The van der Waals surface area contributed by atoms with E-state index in [0.717, 1.165) is 0 Å². The first kappa shape index (κ1) is 17.4. The molecule has 0 spiro atoms. The van der Waals surface area contributed by atoms with Crippen molar-refractivity contribution in [2.24, 2.45) is 0 Å². The Morgan fingerprint density at radius 1 is 1.35 bits per heavy atom. The second-order valence-corrected chi connectivity index (χ2v) is 7.14. The molecule has 0 saturated heterocycles. The number of amides is 1. The fourth-order valence-corrected chi connectivity index (χ4v) is 4.10. The molecule has 1 aliphatic rings. The summed E-state index contributed by atoms with van der Waals surface area (Å²) in [6.07, 6.45) is -1.27. The summed E-state index contributed by atoms with van der Waals surface area (Å²) >= 11 is 9.59. The van der Waals surface area contributed by atoms with Crippen molar-refractivity contribution < 1.29 is 18.0 Å². The first-order valence-electron chi connectivity index (χ1n) is 7.58. The molecule has 1 N–H and O–H groups in total. The van der Waals surface area contributed by atoms with E-state index in [1.54, 1.807) is 6.07 Å². The maximum absolute atomic E-state index is 13.7. The first-order valence-corrected chi connectivity index (χ1v) is 8.75. The second kappa shape index (κ2) is 6.28. The molecule has 4 rings (SSSR count). The van der Waals surface area contributed by atoms with Crippen molar-refractivity contribution in [3.8, 4) is 0 Å². The van der Waals surface area contributed by atoms with Gasteiger partial charge in [0.2, 0.25) is 0 Å². The van der Waals surface area contributed by atoms with Crippen LogP contribution in [0.2, 0.25) is 5.02 Å². The Kier molecular flexibility index (Phi) is 4.19. The summed E-state index contributed by atoms with van der Waals surface area (Å²) in [5.74, 6) is -0.899. The molecule has 0 fully saturated rings. The Labute approximate surface area is 159 Å². The lowest BCUT2D eigenvalue weighted by Gasteiger charge is -2.15. The summed E-state index contributed by atoms with van der Waals surface area (Å²) in [7, 11) is 0. The monoisotopic (exact) mass is 443 g/mol. The number of aromatic nitrogens is 2. The van der Waals surface area contributed by atoms with E-state index >= 15 is 0 Å². The molecule has 3 aromatic rings. The highest BCUT2D eigenvalue weighted by atomic mass is 79.9. The van der Waals surface area contributed by atoms with Gasteiger partial charge in [0.25, 0.3) is 12.3 Å². The Bertz CT molecular complexity index is 1050. The van der Waals surface area contributed by atoms with E-state index in [0.29, 0.717) is 31.7 Å². The zero-order chi connectivity index (χ0) is 18.6. The fourth-order valence-electron chi connectivity index (χ4n) is 3.23. The molecule has 26 heavy (non-hydrogen) atoms. The van der Waals surface area contributed by atoms with Gasteiger partial charge in [-0.05, 0) is 24.3 Å². The standard InChI is InChI=1S/C17H10BrClF3N3O/c18-9-4-11-16(23-6-25(11)5-12(21)22)14-13(9)15(24-17(14)26)8-3-7(20)1-2-10(8)19/h1-4,6,12,15H,5H2,(H,24,26). The molecule has 1 amide bonds. The number of carbonyl (C=O) groups is 1. The van der Waals surface area contributed by atoms with Crippen LogP contribution in [0, 0.1) is 5.82 Å². The van der Waals surface area contributed by atoms with E-state index in [1.807, 2.05) is 0 Å². The number of hydrogen-bond acceptors (Lipinski definition) is 2. The van der Waals surface area contributed by atoms with Gasteiger partial charge in [0, 0.05) is 20.6 Å². The molecule has 134 valence electrons. The number of hydrogen-bond donors (Lipinski definition) is 1. The van der Waals surface area contributed by atoms with Crippen molar-refractivity contribution in [3.63, 3.8) is 0 Å². The quantitative estimate of drug-likeness (QED) is 0.637. The van der Waals surface area contributed by atoms with Gasteiger partial charge < -0.3 is 9.88 Å². The molecule has 1 unspecified atom stereocenters. The normalized spacial score (nSPS) is 16.4. The van der Waals surface area contributed by atoms with E-state index in [-0.39, 0.29) is 5.56 Å². The van der Waals surface area contributed by atoms with Crippen LogP contribution in [0.25, 0.3) is 11.0 Å². The average molecular weight is 445 g/mol. The number of rotatable bonds is 3. The molecule has 4 nitrogen and oxygen atoms in total. The van der Waals surface area contributed by atoms with E-state index in [1.165, 1.54) is 29.1 Å². The predicted molar refractivity (Wildman–Crippen MR) is 94.2 cm³/mol. The zero-order valence-electron chi connectivity index (χ0n) is 12.9. The van der Waals surface area contributed by atoms with Crippen molar-refractivity contribution >= 4 is 44.5 Å². The van der Waals surface area contributed by atoms with Crippen LogP contribution in [-0.2, 0) is 6.54 Å². The van der Waals surface area contributed by atoms with Gasteiger partial charge in [-0.15, -0.1) is 0 Å². The lowest BCUT2D eigenvalue weighted by atomic mass is 9.97. The third-order valence-electron chi connectivity index (χ3n) is 4.30. The molecule has 2 heterocycles. The van der Waals surface area contributed by atoms with Crippen LogP contribution in [0.3, 0.4) is 0 Å². The van der Waals surface area contributed by atoms with Crippen LogP contribution in [0.4, 0.5) is 13.2 Å². The summed E-state index contributed by atoms with van der Waals surface area (Å²) in [5.41, 5.74) is 1.96. The summed E-state index contributed by atoms with van der Waals surface area (Å²) in [6.45, 7) is -0.525. The molecule has 0 bridgehead atoms. The topological polar surface area (TPSA) is 46.9 Å². The molecule has 2 aromatic carbocycles. The van der Waals surface area contributed by atoms with Gasteiger partial charge in [0.15, 0.2) is 0 Å². The molecule has 0 aliphatic carbocycles. The van der Waals surface area contributed by atoms with E-state index in [9.17, 15) is 18.0 Å². The fraction of sp³-hybridized carbons (Fsp3) is 0.176. The maximum atomic E-state index is 13.7. The molecule has 1 aromatic heterocycles. The second-order valence-electron chi connectivity index (χ2n) is 5.88. The van der Waals surface area contributed by atoms with Crippen LogP contribution in [-0.4, -0.2) is 21.9 Å². The largest absolute Gasteiger partial charge is 0.341 e. The summed E-state index contributed by atoms with van der Waals surface area (Å²) < 4.78 is 41.0. The number of benzene rings is 2. The Hall–Kier alpha value is -2.06. The van der Waals surface area contributed by atoms with Crippen LogP contribution >= 0.6 is 27.5 Å². The van der Waals surface area contributed by atoms with Gasteiger partial charge in [0.1, 0.15) is 11.3 Å². The highest BCUT2D eigenvalue weighted by molar-refractivity contribution is 9.10. The Morgan fingerprint density at radius 3 is 2.85 bits per heavy atom. The molecule has 1 atom stereocenters. The number of alkyl halides is 2. The van der Waals surface area contributed by atoms with Crippen molar-refractivity contribution in [1.29, 1.82) is 0 Å². The van der Waals surface area contributed by atoms with Gasteiger partial charge in [-0.3, -0.25) is 4.79 Å². The van der Waals surface area contributed by atoms with Gasteiger partial charge in [0.05, 0.1) is 30.0 Å². The van der Waals surface area contributed by atoms with Crippen LogP contribution < -0.4 is 5.32 Å². The van der Waals surface area contributed by atoms with Gasteiger partial charge >= 0.3 is 0 Å². The number of carbonyl (C=O) groups excluding carboxylic acids is 1. The van der Waals surface area contributed by atoms with Crippen LogP contribution in [0.5, 0.6) is 0 Å². The van der Waals surface area contributed by atoms with Crippen LogP contribution in [0.1, 0.15) is 27.5 Å². The smallest absolute Gasteiger partial charge is 0.256 e. The van der Waals surface area contributed by atoms with E-state index in [4.69, 9.17) is 11.6 Å². The van der Waals surface area contributed by atoms with Crippen molar-refractivity contribution in [1.82, 2.24) is 14.9 Å². The lowest BCUT2D eigenvalue weighted by Crippen LogP contribution is -2.20. The van der Waals surface area contributed by atoms with Gasteiger partial charge in [-0.25, -0.2) is 18.2 Å². The van der Waals surface area contributed by atoms with Crippen molar-refractivity contribution in [3.05, 3.63) is 62.6 Å². The van der Waals surface area contributed by atoms with Gasteiger partial charge in [-0.2, -0.15) is 0 Å². The summed E-state index contributed by atoms with van der Waals surface area (Å²) in [4.78, 5) is 16.7. The Morgan fingerprint density at radius 2 is 2.12 bits per heavy atom. The van der Waals surface area contributed by atoms with E-state index < -0.39 is 30.7 Å². The molecule has 0 radical (unpaired) electrons. The first-order chi connectivity index (χ1) is 12.4. The third-order valence-corrected chi connectivity index (χ3v) is 5.30. The minimum Gasteiger partial charge on any atom is -0.341 e. The van der Waals surface area contributed by atoms with Crippen molar-refractivity contribution in [2.45, 2.75) is 19.0 Å². The van der Waals surface area contributed by atoms with Gasteiger partial charge in [-0.1, -0.05) is 27.5 Å². The average Bonchev–Trinajstić information content (AvgIpc) is 3.11. The summed E-state index contributed by atoms with van der Waals surface area (Å²) in [5, 5.41) is 3.07. The molecular weight excluding hydrogens is 435 g/mol. The molecule has 9 heteroatoms. The number of halogens is 5. The van der Waals surface area contributed by atoms with E-state index in [2.05, 4.69) is 26.2 Å². The number of imidazole rings is 1. The van der Waals surface area contributed by atoms with Crippen LogP contribution in [0.15, 0.2) is 35.1 Å². The number of nitrogens with zero attached hydrogens (tertiary/aromatic N) is 2. The maximum Gasteiger partial charge on any atom is 0.256 e. The lowest BCUT2D eigenvalue weighted by molar-refractivity contribution is 0.0961. The highest BCUT2D eigenvalue weighted by Gasteiger charge is 2.36.